The SMILES string of the molecule is O=C(/C=C/c1cn2ccccc2n1)c1cccc(N2CCCC2=O)c1. The normalized spacial score (nSPS) is 14.7. The Morgan fingerprint density at radius 1 is 1.16 bits per heavy atom. The first kappa shape index (κ1) is 15.3. The molecule has 1 saturated heterocycles. The molecule has 1 fully saturated rings. The van der Waals surface area contributed by atoms with Gasteiger partial charge in [-0.3, -0.25) is 9.59 Å². The van der Waals surface area contributed by atoms with Gasteiger partial charge in [0.1, 0.15) is 5.65 Å². The summed E-state index contributed by atoms with van der Waals surface area (Å²) < 4.78 is 1.91. The number of aromatic nitrogens is 2. The average Bonchev–Trinajstić information content (AvgIpc) is 3.25. The molecule has 5 nitrogen and oxygen atoms in total. The van der Waals surface area contributed by atoms with E-state index in [2.05, 4.69) is 4.98 Å². The maximum absolute atomic E-state index is 12.5. The number of carbonyl (C=O) groups excluding carboxylic acids is 2. The van der Waals surface area contributed by atoms with Crippen LogP contribution in [0.1, 0.15) is 28.9 Å². The van der Waals surface area contributed by atoms with Gasteiger partial charge in [0.25, 0.3) is 0 Å². The molecule has 4 rings (SSSR count). The van der Waals surface area contributed by atoms with E-state index in [0.717, 1.165) is 23.4 Å². The summed E-state index contributed by atoms with van der Waals surface area (Å²) in [5.74, 6) is 0.00962. The third-order valence-electron chi connectivity index (χ3n) is 4.30. The summed E-state index contributed by atoms with van der Waals surface area (Å²) in [4.78, 5) is 30.5. The van der Waals surface area contributed by atoms with Crippen molar-refractivity contribution in [3.8, 4) is 0 Å². The second-order valence-electron chi connectivity index (χ2n) is 6.03. The van der Waals surface area contributed by atoms with Gasteiger partial charge < -0.3 is 9.30 Å². The Balaban J connectivity index is 1.55. The largest absolute Gasteiger partial charge is 0.312 e. The van der Waals surface area contributed by atoms with E-state index in [1.807, 2.05) is 47.1 Å². The molecule has 1 amide bonds. The summed E-state index contributed by atoms with van der Waals surface area (Å²) in [6.07, 6.45) is 8.46. The van der Waals surface area contributed by atoms with Crippen LogP contribution in [-0.4, -0.2) is 27.6 Å². The van der Waals surface area contributed by atoms with Crippen molar-refractivity contribution >= 4 is 29.1 Å². The molecule has 1 aliphatic heterocycles. The van der Waals surface area contributed by atoms with Crippen molar-refractivity contribution in [2.45, 2.75) is 12.8 Å². The molecule has 25 heavy (non-hydrogen) atoms. The van der Waals surface area contributed by atoms with Gasteiger partial charge in [0, 0.05) is 36.6 Å². The van der Waals surface area contributed by atoms with Crippen LogP contribution in [0.25, 0.3) is 11.7 Å². The molecule has 0 bridgehead atoms. The molecule has 0 N–H and O–H groups in total. The van der Waals surface area contributed by atoms with E-state index in [9.17, 15) is 9.59 Å². The van der Waals surface area contributed by atoms with E-state index in [-0.39, 0.29) is 11.7 Å². The Hall–Kier alpha value is -3.21. The minimum atomic E-state index is -0.106. The minimum Gasteiger partial charge on any atom is -0.312 e. The van der Waals surface area contributed by atoms with Crippen LogP contribution >= 0.6 is 0 Å². The topological polar surface area (TPSA) is 54.7 Å². The Labute approximate surface area is 145 Å². The molecule has 1 aromatic carbocycles. The first-order valence-electron chi connectivity index (χ1n) is 8.27. The molecule has 0 spiro atoms. The Kier molecular flexibility index (Phi) is 3.90. The highest BCUT2D eigenvalue weighted by Gasteiger charge is 2.22. The molecule has 0 atom stereocenters. The predicted molar refractivity (Wildman–Crippen MR) is 96.6 cm³/mol. The number of ketones is 1. The van der Waals surface area contributed by atoms with Gasteiger partial charge in [-0.05, 0) is 42.8 Å². The number of hydrogen-bond donors (Lipinski definition) is 0. The summed E-state index contributed by atoms with van der Waals surface area (Å²) in [7, 11) is 0. The second kappa shape index (κ2) is 6.36. The summed E-state index contributed by atoms with van der Waals surface area (Å²) in [6, 6.07) is 13.0. The second-order valence-corrected chi connectivity index (χ2v) is 6.03. The van der Waals surface area contributed by atoms with Crippen molar-refractivity contribution in [3.05, 3.63) is 72.2 Å². The molecule has 0 radical (unpaired) electrons. The molecule has 3 aromatic rings. The zero-order valence-corrected chi connectivity index (χ0v) is 13.6. The molecular formula is C20H17N3O2. The van der Waals surface area contributed by atoms with Gasteiger partial charge in [0.15, 0.2) is 5.78 Å². The lowest BCUT2D eigenvalue weighted by molar-refractivity contribution is -0.117. The number of imidazole rings is 1. The van der Waals surface area contributed by atoms with Gasteiger partial charge in [0.05, 0.1) is 5.69 Å². The number of carbonyl (C=O) groups is 2. The highest BCUT2D eigenvalue weighted by atomic mass is 16.2. The summed E-state index contributed by atoms with van der Waals surface area (Å²) in [5.41, 5.74) is 2.92. The number of hydrogen-bond acceptors (Lipinski definition) is 3. The zero-order valence-electron chi connectivity index (χ0n) is 13.6. The van der Waals surface area contributed by atoms with Gasteiger partial charge in [-0.1, -0.05) is 18.2 Å². The molecule has 5 heteroatoms. The number of nitrogens with zero attached hydrogens (tertiary/aromatic N) is 3. The fraction of sp³-hybridized carbons (Fsp3) is 0.150. The van der Waals surface area contributed by atoms with Gasteiger partial charge in [-0.15, -0.1) is 0 Å². The molecule has 3 heterocycles. The standard InChI is InChI=1S/C20H17N3O2/c24-18(10-9-16-14-22-11-2-1-7-19(22)21-16)15-5-3-6-17(13-15)23-12-4-8-20(23)25/h1-3,5-7,9-11,13-14H,4,8,12H2/b10-9+. The van der Waals surface area contributed by atoms with Gasteiger partial charge in [-0.2, -0.15) is 0 Å². The van der Waals surface area contributed by atoms with Crippen molar-refractivity contribution in [3.63, 3.8) is 0 Å². The zero-order chi connectivity index (χ0) is 17.2. The van der Waals surface area contributed by atoms with Gasteiger partial charge in [-0.25, -0.2) is 4.98 Å². The molecular weight excluding hydrogens is 314 g/mol. The van der Waals surface area contributed by atoms with Crippen molar-refractivity contribution in [2.24, 2.45) is 0 Å². The van der Waals surface area contributed by atoms with Crippen LogP contribution in [-0.2, 0) is 4.79 Å². The first-order chi connectivity index (χ1) is 12.2. The lowest BCUT2D eigenvalue weighted by atomic mass is 10.1. The lowest BCUT2D eigenvalue weighted by Gasteiger charge is -2.16. The number of rotatable bonds is 4. The quantitative estimate of drug-likeness (QED) is 0.544. The monoisotopic (exact) mass is 331 g/mol. The van der Waals surface area contributed by atoms with E-state index in [0.29, 0.717) is 18.5 Å². The Morgan fingerprint density at radius 2 is 2.08 bits per heavy atom. The average molecular weight is 331 g/mol. The number of benzene rings is 1. The molecule has 0 saturated carbocycles. The predicted octanol–water partition coefficient (Wildman–Crippen LogP) is 3.36. The highest BCUT2D eigenvalue weighted by Crippen LogP contribution is 2.22. The van der Waals surface area contributed by atoms with Gasteiger partial charge >= 0.3 is 0 Å². The molecule has 2 aromatic heterocycles. The number of allylic oxidation sites excluding steroid dienone is 1. The summed E-state index contributed by atoms with van der Waals surface area (Å²) >= 11 is 0. The van der Waals surface area contributed by atoms with Crippen molar-refractivity contribution in [1.82, 2.24) is 9.38 Å². The smallest absolute Gasteiger partial charge is 0.227 e. The highest BCUT2D eigenvalue weighted by molar-refractivity contribution is 6.07. The third-order valence-corrected chi connectivity index (χ3v) is 4.30. The molecule has 0 unspecified atom stereocenters. The van der Waals surface area contributed by atoms with Gasteiger partial charge in [0.2, 0.25) is 5.91 Å². The molecule has 124 valence electrons. The maximum Gasteiger partial charge on any atom is 0.227 e. The van der Waals surface area contributed by atoms with Crippen molar-refractivity contribution < 1.29 is 9.59 Å². The number of amides is 1. The number of anilines is 1. The van der Waals surface area contributed by atoms with Crippen LogP contribution in [0.4, 0.5) is 5.69 Å². The van der Waals surface area contributed by atoms with Crippen LogP contribution in [0.5, 0.6) is 0 Å². The maximum atomic E-state index is 12.5. The Morgan fingerprint density at radius 3 is 2.88 bits per heavy atom. The van der Waals surface area contributed by atoms with E-state index < -0.39 is 0 Å². The van der Waals surface area contributed by atoms with Crippen LogP contribution in [0, 0.1) is 0 Å². The third kappa shape index (κ3) is 3.08. The van der Waals surface area contributed by atoms with Crippen molar-refractivity contribution in [2.75, 3.05) is 11.4 Å². The van der Waals surface area contributed by atoms with Crippen LogP contribution < -0.4 is 4.90 Å². The van der Waals surface area contributed by atoms with Crippen LogP contribution in [0.15, 0.2) is 60.9 Å². The minimum absolute atomic E-state index is 0.106. The fourth-order valence-corrected chi connectivity index (χ4v) is 3.04. The number of fused-ring (bicyclic) bond motifs is 1. The summed E-state index contributed by atoms with van der Waals surface area (Å²) in [5, 5.41) is 0. The van der Waals surface area contributed by atoms with E-state index in [1.165, 1.54) is 6.08 Å². The van der Waals surface area contributed by atoms with Crippen molar-refractivity contribution in [1.29, 1.82) is 0 Å². The lowest BCUT2D eigenvalue weighted by Crippen LogP contribution is -2.23. The Bertz CT molecular complexity index is 954. The van der Waals surface area contributed by atoms with Crippen LogP contribution in [0.3, 0.4) is 0 Å². The summed E-state index contributed by atoms with van der Waals surface area (Å²) in [6.45, 7) is 0.716. The first-order valence-corrected chi connectivity index (χ1v) is 8.27. The number of pyridine rings is 1. The van der Waals surface area contributed by atoms with E-state index in [1.54, 1.807) is 23.1 Å². The van der Waals surface area contributed by atoms with E-state index in [4.69, 9.17) is 0 Å². The van der Waals surface area contributed by atoms with E-state index >= 15 is 0 Å². The fourth-order valence-electron chi connectivity index (χ4n) is 3.04. The van der Waals surface area contributed by atoms with Crippen LogP contribution in [0.2, 0.25) is 0 Å². The molecule has 1 aliphatic rings. The molecule has 0 aliphatic carbocycles.